The molecule has 1 aliphatic carbocycles. The van der Waals surface area contributed by atoms with Crippen molar-refractivity contribution in [1.29, 1.82) is 0 Å². The average molecular weight is 280 g/mol. The molecule has 0 unspecified atom stereocenters. The van der Waals surface area contributed by atoms with Gasteiger partial charge in [-0.15, -0.1) is 11.3 Å². The van der Waals surface area contributed by atoms with Crippen LogP contribution in [0.25, 0.3) is 10.6 Å². The first-order valence-corrected chi connectivity index (χ1v) is 7.32. The molecule has 0 aliphatic heterocycles. The van der Waals surface area contributed by atoms with E-state index >= 15 is 0 Å². The van der Waals surface area contributed by atoms with Gasteiger partial charge in [-0.25, -0.2) is 9.97 Å². The Labute approximate surface area is 112 Å². The van der Waals surface area contributed by atoms with Crippen LogP contribution in [0, 0.1) is 6.92 Å². The maximum Gasteiger partial charge on any atom is 0.261 e. The fraction of sp³-hybridized carbons (Fsp3) is 0.364. The van der Waals surface area contributed by atoms with Crippen LogP contribution in [0.3, 0.4) is 0 Å². The number of anilines is 1. The van der Waals surface area contributed by atoms with Crippen molar-refractivity contribution < 1.29 is 4.79 Å². The van der Waals surface area contributed by atoms with Gasteiger partial charge in [-0.05, 0) is 19.8 Å². The van der Waals surface area contributed by atoms with Gasteiger partial charge in [0.2, 0.25) is 0 Å². The van der Waals surface area contributed by atoms with Gasteiger partial charge in [0.1, 0.15) is 10.6 Å². The standard InChI is InChI=1S/C11H12N4OS2/c1-5-8(17-4-13-5)7-9(10(12)16)18-11(15-7)14-6-2-3-6/h4,6H,2-3H2,1H3,(H2,12,16)(H,14,15). The SMILES string of the molecule is Cc1ncsc1-c1nc(NC2CC2)sc1C(N)=O. The second kappa shape index (κ2) is 4.33. The Balaban J connectivity index is 2.03. The van der Waals surface area contributed by atoms with Gasteiger partial charge in [0.05, 0.1) is 16.1 Å². The lowest BCUT2D eigenvalue weighted by Gasteiger charge is -1.96. The number of nitrogens with one attached hydrogen (secondary N) is 1. The van der Waals surface area contributed by atoms with Crippen LogP contribution >= 0.6 is 22.7 Å². The number of primary amides is 1. The Morgan fingerprint density at radius 3 is 2.89 bits per heavy atom. The van der Waals surface area contributed by atoms with Crippen molar-refractivity contribution in [3.63, 3.8) is 0 Å². The van der Waals surface area contributed by atoms with Crippen molar-refractivity contribution in [2.24, 2.45) is 5.73 Å². The lowest BCUT2D eigenvalue weighted by atomic mass is 10.2. The summed E-state index contributed by atoms with van der Waals surface area (Å²) in [6.07, 6.45) is 2.33. The molecule has 1 saturated carbocycles. The summed E-state index contributed by atoms with van der Waals surface area (Å²) in [5.74, 6) is -0.431. The van der Waals surface area contributed by atoms with Crippen LogP contribution < -0.4 is 11.1 Å². The topological polar surface area (TPSA) is 80.9 Å². The number of amides is 1. The molecular weight excluding hydrogens is 268 g/mol. The maximum atomic E-state index is 11.5. The van der Waals surface area contributed by atoms with Gasteiger partial charge < -0.3 is 11.1 Å². The molecule has 7 heteroatoms. The van der Waals surface area contributed by atoms with E-state index in [0.717, 1.165) is 15.7 Å². The molecule has 2 aromatic rings. The molecule has 5 nitrogen and oxygen atoms in total. The summed E-state index contributed by atoms with van der Waals surface area (Å²) in [6, 6.07) is 0.507. The zero-order valence-corrected chi connectivity index (χ0v) is 11.4. The minimum Gasteiger partial charge on any atom is -0.365 e. The van der Waals surface area contributed by atoms with E-state index in [-0.39, 0.29) is 0 Å². The van der Waals surface area contributed by atoms with Crippen molar-refractivity contribution in [2.75, 3.05) is 5.32 Å². The summed E-state index contributed by atoms with van der Waals surface area (Å²) in [5.41, 5.74) is 8.71. The van der Waals surface area contributed by atoms with Gasteiger partial charge >= 0.3 is 0 Å². The minimum absolute atomic E-state index is 0.431. The predicted octanol–water partition coefficient (Wildman–Crippen LogP) is 2.25. The zero-order chi connectivity index (χ0) is 12.7. The van der Waals surface area contributed by atoms with Gasteiger partial charge in [-0.3, -0.25) is 4.79 Å². The van der Waals surface area contributed by atoms with E-state index in [1.807, 2.05) is 6.92 Å². The molecule has 0 saturated heterocycles. The fourth-order valence-corrected chi connectivity index (χ4v) is 3.40. The summed E-state index contributed by atoms with van der Waals surface area (Å²) in [6.45, 7) is 1.91. The highest BCUT2D eigenvalue weighted by Gasteiger charge is 2.25. The number of aromatic nitrogens is 2. The molecule has 0 aromatic carbocycles. The summed E-state index contributed by atoms with van der Waals surface area (Å²) >= 11 is 2.80. The third-order valence-electron chi connectivity index (χ3n) is 2.72. The molecule has 2 heterocycles. The first-order chi connectivity index (χ1) is 8.65. The number of carbonyl (C=O) groups is 1. The van der Waals surface area contributed by atoms with E-state index < -0.39 is 5.91 Å². The molecule has 94 valence electrons. The third-order valence-corrected chi connectivity index (χ3v) is 4.65. The van der Waals surface area contributed by atoms with Crippen LogP contribution in [-0.2, 0) is 0 Å². The zero-order valence-electron chi connectivity index (χ0n) is 9.77. The quantitative estimate of drug-likeness (QED) is 0.900. The summed E-state index contributed by atoms with van der Waals surface area (Å²) in [7, 11) is 0. The summed E-state index contributed by atoms with van der Waals surface area (Å²) in [5, 5.41) is 4.07. The van der Waals surface area contributed by atoms with Gasteiger partial charge in [0.15, 0.2) is 5.13 Å². The fourth-order valence-electron chi connectivity index (χ4n) is 1.63. The molecule has 3 rings (SSSR count). The molecule has 3 N–H and O–H groups in total. The highest BCUT2D eigenvalue weighted by molar-refractivity contribution is 7.19. The molecule has 0 atom stereocenters. The van der Waals surface area contributed by atoms with Crippen LogP contribution in [0.4, 0.5) is 5.13 Å². The van der Waals surface area contributed by atoms with E-state index in [2.05, 4.69) is 15.3 Å². The molecule has 18 heavy (non-hydrogen) atoms. The number of hydrogen-bond donors (Lipinski definition) is 2. The van der Waals surface area contributed by atoms with Gasteiger partial charge in [-0.2, -0.15) is 0 Å². The van der Waals surface area contributed by atoms with Gasteiger partial charge in [0.25, 0.3) is 5.91 Å². The van der Waals surface area contributed by atoms with E-state index in [1.54, 1.807) is 5.51 Å². The number of thiazole rings is 2. The van der Waals surface area contributed by atoms with Crippen LogP contribution in [-0.4, -0.2) is 21.9 Å². The van der Waals surface area contributed by atoms with Crippen molar-refractivity contribution >= 4 is 33.7 Å². The predicted molar refractivity (Wildman–Crippen MR) is 73.1 cm³/mol. The van der Waals surface area contributed by atoms with Crippen LogP contribution in [0.2, 0.25) is 0 Å². The number of aryl methyl sites for hydroxylation is 1. The first kappa shape index (κ1) is 11.6. The third kappa shape index (κ3) is 2.11. The van der Waals surface area contributed by atoms with Crippen LogP contribution in [0.5, 0.6) is 0 Å². The number of nitrogens with two attached hydrogens (primary N) is 1. The van der Waals surface area contributed by atoms with Crippen LogP contribution in [0.15, 0.2) is 5.51 Å². The maximum absolute atomic E-state index is 11.5. The average Bonchev–Trinajstić information content (AvgIpc) is 2.86. The van der Waals surface area contributed by atoms with Crippen molar-refractivity contribution in [3.8, 4) is 10.6 Å². The van der Waals surface area contributed by atoms with E-state index in [9.17, 15) is 4.79 Å². The Morgan fingerprint density at radius 1 is 1.56 bits per heavy atom. The Hall–Kier alpha value is -1.47. The summed E-state index contributed by atoms with van der Waals surface area (Å²) in [4.78, 5) is 21.6. The second-order valence-electron chi connectivity index (χ2n) is 4.25. The highest BCUT2D eigenvalue weighted by atomic mass is 32.1. The number of carbonyl (C=O) groups excluding carboxylic acids is 1. The Morgan fingerprint density at radius 2 is 2.33 bits per heavy atom. The van der Waals surface area contributed by atoms with E-state index in [4.69, 9.17) is 5.73 Å². The second-order valence-corrected chi connectivity index (χ2v) is 6.10. The van der Waals surface area contributed by atoms with Crippen molar-refractivity contribution in [1.82, 2.24) is 9.97 Å². The number of rotatable bonds is 4. The highest BCUT2D eigenvalue weighted by Crippen LogP contribution is 2.36. The molecule has 1 amide bonds. The molecule has 0 spiro atoms. The molecule has 1 aliphatic rings. The lowest BCUT2D eigenvalue weighted by Crippen LogP contribution is -2.10. The summed E-state index contributed by atoms with van der Waals surface area (Å²) < 4.78 is 0. The van der Waals surface area contributed by atoms with E-state index in [0.29, 0.717) is 16.6 Å². The van der Waals surface area contributed by atoms with E-state index in [1.165, 1.54) is 35.5 Å². The van der Waals surface area contributed by atoms with Crippen molar-refractivity contribution in [3.05, 3.63) is 16.1 Å². The first-order valence-electron chi connectivity index (χ1n) is 5.63. The smallest absolute Gasteiger partial charge is 0.261 e. The number of nitrogens with zero attached hydrogens (tertiary/aromatic N) is 2. The minimum atomic E-state index is -0.431. The Bertz CT molecular complexity index is 600. The van der Waals surface area contributed by atoms with Gasteiger partial charge in [0, 0.05) is 6.04 Å². The lowest BCUT2D eigenvalue weighted by molar-refractivity contribution is 0.100. The monoisotopic (exact) mass is 280 g/mol. The molecule has 1 fully saturated rings. The Kier molecular flexibility index (Phi) is 2.79. The number of hydrogen-bond acceptors (Lipinski definition) is 6. The van der Waals surface area contributed by atoms with Gasteiger partial charge in [-0.1, -0.05) is 11.3 Å². The largest absolute Gasteiger partial charge is 0.365 e. The molecule has 2 aromatic heterocycles. The molecule has 0 radical (unpaired) electrons. The van der Waals surface area contributed by atoms with Crippen LogP contribution in [0.1, 0.15) is 28.2 Å². The van der Waals surface area contributed by atoms with Crippen molar-refractivity contribution in [2.45, 2.75) is 25.8 Å². The molecular formula is C11H12N4OS2. The normalized spacial score (nSPS) is 14.7. The molecule has 0 bridgehead atoms.